The zero-order valence-corrected chi connectivity index (χ0v) is 16.5. The van der Waals surface area contributed by atoms with Crippen LogP contribution >= 0.6 is 0 Å². The molecule has 0 saturated carbocycles. The van der Waals surface area contributed by atoms with Crippen LogP contribution < -0.4 is 15.5 Å². The molecule has 6 heteroatoms. The first kappa shape index (κ1) is 18.7. The van der Waals surface area contributed by atoms with E-state index in [9.17, 15) is 9.18 Å². The number of halogens is 1. The Balaban J connectivity index is 1.39. The molecule has 2 aromatic carbocycles. The monoisotopic (exact) mass is 382 g/mol. The number of hydrogen-bond acceptors (Lipinski definition) is 3. The maximum atomic E-state index is 13.4. The molecule has 1 heterocycles. The maximum absolute atomic E-state index is 13.4. The molecular formula is C22H27FN4O. The lowest BCUT2D eigenvalue weighted by Crippen LogP contribution is -2.44. The Morgan fingerprint density at radius 3 is 2.64 bits per heavy atom. The van der Waals surface area contributed by atoms with Crippen LogP contribution in [0.15, 0.2) is 36.4 Å². The fourth-order valence-electron chi connectivity index (χ4n) is 4.10. The maximum Gasteiger partial charge on any atom is 0.319 e. The van der Waals surface area contributed by atoms with E-state index in [1.807, 2.05) is 13.0 Å². The van der Waals surface area contributed by atoms with Gasteiger partial charge < -0.3 is 20.4 Å². The minimum absolute atomic E-state index is 0.0690. The number of nitrogens with one attached hydrogen (secondary N) is 2. The van der Waals surface area contributed by atoms with Crippen LogP contribution in [0.25, 0.3) is 0 Å². The summed E-state index contributed by atoms with van der Waals surface area (Å²) in [5, 5.41) is 5.99. The van der Waals surface area contributed by atoms with Crippen molar-refractivity contribution in [1.29, 1.82) is 0 Å². The number of likely N-dealkylation sites (N-methyl/N-ethyl adjacent to an activating group) is 1. The average molecular weight is 382 g/mol. The van der Waals surface area contributed by atoms with Gasteiger partial charge in [0.2, 0.25) is 0 Å². The molecule has 1 fully saturated rings. The van der Waals surface area contributed by atoms with Gasteiger partial charge in [-0.15, -0.1) is 0 Å². The SMILES string of the molecule is Cc1cc(N2CCN(C)CC2)ccc1NC(=O)NC1CCc2cc(F)ccc21. The van der Waals surface area contributed by atoms with Crippen molar-refractivity contribution in [3.63, 3.8) is 0 Å². The van der Waals surface area contributed by atoms with E-state index in [4.69, 9.17) is 0 Å². The van der Waals surface area contributed by atoms with Crippen LogP contribution in [0.3, 0.4) is 0 Å². The number of nitrogens with zero attached hydrogens (tertiary/aromatic N) is 2. The summed E-state index contributed by atoms with van der Waals surface area (Å²) in [6.07, 6.45) is 1.59. The van der Waals surface area contributed by atoms with E-state index in [1.165, 1.54) is 11.8 Å². The van der Waals surface area contributed by atoms with Crippen molar-refractivity contribution in [1.82, 2.24) is 10.2 Å². The highest BCUT2D eigenvalue weighted by Crippen LogP contribution is 2.31. The first-order valence-electron chi connectivity index (χ1n) is 9.89. The van der Waals surface area contributed by atoms with Crippen molar-refractivity contribution < 1.29 is 9.18 Å². The summed E-state index contributed by atoms with van der Waals surface area (Å²) in [7, 11) is 2.15. The van der Waals surface area contributed by atoms with Crippen molar-refractivity contribution in [3.05, 3.63) is 58.9 Å². The molecule has 1 unspecified atom stereocenters. The van der Waals surface area contributed by atoms with Gasteiger partial charge in [0.05, 0.1) is 6.04 Å². The van der Waals surface area contributed by atoms with Crippen molar-refractivity contribution in [2.75, 3.05) is 43.4 Å². The number of rotatable bonds is 3. The van der Waals surface area contributed by atoms with E-state index < -0.39 is 0 Å². The normalized spacial score (nSPS) is 19.4. The number of fused-ring (bicyclic) bond motifs is 1. The summed E-state index contributed by atoms with van der Waals surface area (Å²) in [6.45, 7) is 6.18. The van der Waals surface area contributed by atoms with Crippen molar-refractivity contribution in [2.24, 2.45) is 0 Å². The molecule has 0 spiro atoms. The molecule has 2 aliphatic rings. The summed E-state index contributed by atoms with van der Waals surface area (Å²) < 4.78 is 13.4. The van der Waals surface area contributed by atoms with E-state index in [0.29, 0.717) is 0 Å². The Hall–Kier alpha value is -2.60. The highest BCUT2D eigenvalue weighted by Gasteiger charge is 2.24. The number of amides is 2. The van der Waals surface area contributed by atoms with Gasteiger partial charge >= 0.3 is 6.03 Å². The third-order valence-corrected chi connectivity index (χ3v) is 5.81. The quantitative estimate of drug-likeness (QED) is 0.851. The third-order valence-electron chi connectivity index (χ3n) is 5.81. The second kappa shape index (κ2) is 7.80. The largest absolute Gasteiger partial charge is 0.369 e. The summed E-state index contributed by atoms with van der Waals surface area (Å²) in [5.74, 6) is -0.222. The number of anilines is 2. The molecule has 28 heavy (non-hydrogen) atoms. The molecular weight excluding hydrogens is 355 g/mol. The summed E-state index contributed by atoms with van der Waals surface area (Å²) in [6, 6.07) is 10.7. The molecule has 0 bridgehead atoms. The molecule has 1 aliphatic carbocycles. The summed E-state index contributed by atoms with van der Waals surface area (Å²) >= 11 is 0. The van der Waals surface area contributed by atoms with E-state index in [0.717, 1.165) is 61.4 Å². The van der Waals surface area contributed by atoms with Crippen LogP contribution in [0.2, 0.25) is 0 Å². The number of urea groups is 1. The average Bonchev–Trinajstić information content (AvgIpc) is 3.05. The number of carbonyl (C=O) groups excluding carboxylic acids is 1. The molecule has 1 atom stereocenters. The summed E-state index contributed by atoms with van der Waals surface area (Å²) in [4.78, 5) is 17.2. The molecule has 0 aromatic heterocycles. The van der Waals surface area contributed by atoms with Crippen molar-refractivity contribution in [2.45, 2.75) is 25.8 Å². The predicted molar refractivity (Wildman–Crippen MR) is 111 cm³/mol. The van der Waals surface area contributed by atoms with Gasteiger partial charge in [0, 0.05) is 37.6 Å². The van der Waals surface area contributed by atoms with Gasteiger partial charge in [-0.3, -0.25) is 0 Å². The van der Waals surface area contributed by atoms with Crippen molar-refractivity contribution in [3.8, 4) is 0 Å². The van der Waals surface area contributed by atoms with Gasteiger partial charge in [-0.05, 0) is 73.8 Å². The van der Waals surface area contributed by atoms with E-state index in [1.54, 1.807) is 12.1 Å². The van der Waals surface area contributed by atoms with Crippen molar-refractivity contribution >= 4 is 17.4 Å². The molecule has 4 rings (SSSR count). The molecule has 2 aromatic rings. The molecule has 2 N–H and O–H groups in total. The molecule has 1 saturated heterocycles. The van der Waals surface area contributed by atoms with Gasteiger partial charge in [0.1, 0.15) is 5.82 Å². The molecule has 1 aliphatic heterocycles. The Morgan fingerprint density at radius 2 is 1.89 bits per heavy atom. The molecule has 5 nitrogen and oxygen atoms in total. The summed E-state index contributed by atoms with van der Waals surface area (Å²) in [5.41, 5.74) is 5.05. The molecule has 0 radical (unpaired) electrons. The van der Waals surface area contributed by atoms with Gasteiger partial charge in [0.25, 0.3) is 0 Å². The molecule has 2 amide bonds. The van der Waals surface area contributed by atoms with Crippen LogP contribution in [0.1, 0.15) is 29.2 Å². The standard InChI is InChI=1S/C22H27FN4O/c1-15-13-18(27-11-9-26(2)10-12-27)5-8-20(15)24-22(28)25-21-7-3-16-14-17(23)4-6-19(16)21/h4-6,8,13-14,21H,3,7,9-12H2,1-2H3,(H2,24,25,28). The first-order chi connectivity index (χ1) is 13.5. The van der Waals surface area contributed by atoms with E-state index >= 15 is 0 Å². The van der Waals surface area contributed by atoms with Gasteiger partial charge in [0.15, 0.2) is 0 Å². The smallest absolute Gasteiger partial charge is 0.319 e. The molecule has 148 valence electrons. The second-order valence-electron chi connectivity index (χ2n) is 7.82. The number of aryl methyl sites for hydroxylation is 2. The Bertz CT molecular complexity index is 877. The first-order valence-corrected chi connectivity index (χ1v) is 9.89. The highest BCUT2D eigenvalue weighted by molar-refractivity contribution is 5.90. The lowest BCUT2D eigenvalue weighted by Gasteiger charge is -2.34. The fourth-order valence-corrected chi connectivity index (χ4v) is 4.10. The van der Waals surface area contributed by atoms with Crippen LogP contribution in [-0.4, -0.2) is 44.2 Å². The minimum Gasteiger partial charge on any atom is -0.369 e. The van der Waals surface area contributed by atoms with E-state index in [2.05, 4.69) is 39.6 Å². The minimum atomic E-state index is -0.224. The zero-order chi connectivity index (χ0) is 19.7. The number of carbonyl (C=O) groups is 1. The third kappa shape index (κ3) is 3.97. The Morgan fingerprint density at radius 1 is 1.11 bits per heavy atom. The fraction of sp³-hybridized carbons (Fsp3) is 0.409. The number of hydrogen-bond donors (Lipinski definition) is 2. The van der Waals surface area contributed by atoms with Crippen LogP contribution in [-0.2, 0) is 6.42 Å². The number of benzene rings is 2. The second-order valence-corrected chi connectivity index (χ2v) is 7.82. The van der Waals surface area contributed by atoms with Crippen LogP contribution in [0.4, 0.5) is 20.6 Å². The van der Waals surface area contributed by atoms with E-state index in [-0.39, 0.29) is 17.9 Å². The van der Waals surface area contributed by atoms with Gasteiger partial charge in [-0.25, -0.2) is 9.18 Å². The predicted octanol–water partition coefficient (Wildman–Crippen LogP) is 3.69. The lowest BCUT2D eigenvalue weighted by atomic mass is 10.1. The Labute approximate surface area is 165 Å². The van der Waals surface area contributed by atoms with Gasteiger partial charge in [-0.1, -0.05) is 6.07 Å². The lowest BCUT2D eigenvalue weighted by molar-refractivity contribution is 0.248. The van der Waals surface area contributed by atoms with Crippen LogP contribution in [0.5, 0.6) is 0 Å². The van der Waals surface area contributed by atoms with Gasteiger partial charge in [-0.2, -0.15) is 0 Å². The topological polar surface area (TPSA) is 47.6 Å². The Kier molecular flexibility index (Phi) is 5.22. The van der Waals surface area contributed by atoms with Crippen LogP contribution in [0, 0.1) is 12.7 Å². The zero-order valence-electron chi connectivity index (χ0n) is 16.5. The highest BCUT2D eigenvalue weighted by atomic mass is 19.1. The number of piperazine rings is 1.